The molecule has 1 fully saturated rings. The zero-order valence-corrected chi connectivity index (χ0v) is 10.1. The topological polar surface area (TPSA) is 53.9 Å². The van der Waals surface area contributed by atoms with E-state index in [1.54, 1.807) is 24.1 Å². The molecule has 1 heterocycles. The maximum atomic E-state index is 11.4. The SMILES string of the molecule is CN1CCOC(=O)/C1=N/Nc1ccccc1Cl. The Morgan fingerprint density at radius 1 is 1.47 bits per heavy atom. The summed E-state index contributed by atoms with van der Waals surface area (Å²) in [4.78, 5) is 13.2. The number of hydrazone groups is 1. The Kier molecular flexibility index (Phi) is 3.49. The fraction of sp³-hybridized carbons (Fsp3) is 0.273. The van der Waals surface area contributed by atoms with Crippen LogP contribution >= 0.6 is 11.6 Å². The molecule has 0 saturated carbocycles. The average molecular weight is 254 g/mol. The van der Waals surface area contributed by atoms with E-state index >= 15 is 0 Å². The predicted octanol–water partition coefficient (Wildman–Crippen LogP) is 1.55. The van der Waals surface area contributed by atoms with Crippen LogP contribution in [0.2, 0.25) is 5.02 Å². The largest absolute Gasteiger partial charge is 0.458 e. The van der Waals surface area contributed by atoms with Gasteiger partial charge in [0.25, 0.3) is 0 Å². The molecule has 0 spiro atoms. The highest BCUT2D eigenvalue weighted by molar-refractivity contribution is 6.36. The molecule has 0 radical (unpaired) electrons. The number of anilines is 1. The summed E-state index contributed by atoms with van der Waals surface area (Å²) in [5.74, 6) is -0.186. The molecule has 0 aliphatic carbocycles. The molecule has 1 aromatic rings. The van der Waals surface area contributed by atoms with Gasteiger partial charge in [-0.2, -0.15) is 0 Å². The number of morpholine rings is 1. The third-order valence-electron chi connectivity index (χ3n) is 2.36. The number of carbonyl (C=O) groups excluding carboxylic acids is 1. The quantitative estimate of drug-likeness (QED) is 0.642. The molecule has 90 valence electrons. The first-order valence-corrected chi connectivity index (χ1v) is 5.53. The normalized spacial score (nSPS) is 18.1. The zero-order valence-electron chi connectivity index (χ0n) is 9.31. The maximum Gasteiger partial charge on any atom is 0.376 e. The van der Waals surface area contributed by atoms with Gasteiger partial charge in [-0.05, 0) is 12.1 Å². The molecule has 1 aliphatic heterocycles. The van der Waals surface area contributed by atoms with Crippen molar-refractivity contribution in [1.82, 2.24) is 4.90 Å². The number of hydrogen-bond donors (Lipinski definition) is 1. The van der Waals surface area contributed by atoms with E-state index in [1.165, 1.54) is 0 Å². The smallest absolute Gasteiger partial charge is 0.376 e. The van der Waals surface area contributed by atoms with Crippen molar-refractivity contribution >= 4 is 29.1 Å². The van der Waals surface area contributed by atoms with Gasteiger partial charge in [0.05, 0.1) is 17.3 Å². The fourth-order valence-corrected chi connectivity index (χ4v) is 1.58. The highest BCUT2D eigenvalue weighted by atomic mass is 35.5. The molecule has 17 heavy (non-hydrogen) atoms. The molecule has 0 aromatic heterocycles. The molecule has 1 aliphatic rings. The molecule has 6 heteroatoms. The standard InChI is InChI=1S/C11H12ClN3O2/c1-15-6-7-17-11(16)10(15)14-13-9-5-3-2-4-8(9)12/h2-5,13H,6-7H2,1H3/b14-10-. The summed E-state index contributed by atoms with van der Waals surface area (Å²) in [7, 11) is 1.79. The Morgan fingerprint density at radius 3 is 2.94 bits per heavy atom. The Balaban J connectivity index is 2.14. The summed E-state index contributed by atoms with van der Waals surface area (Å²) in [6, 6.07) is 7.17. The van der Waals surface area contributed by atoms with Gasteiger partial charge < -0.3 is 9.64 Å². The van der Waals surface area contributed by atoms with Crippen LogP contribution in [0.1, 0.15) is 0 Å². The molecule has 1 saturated heterocycles. The minimum atomic E-state index is -0.432. The minimum Gasteiger partial charge on any atom is -0.458 e. The van der Waals surface area contributed by atoms with Crippen molar-refractivity contribution in [2.24, 2.45) is 5.10 Å². The Labute approximate surface area is 104 Å². The number of benzene rings is 1. The molecular weight excluding hydrogens is 242 g/mol. The number of carbonyl (C=O) groups is 1. The number of amidine groups is 1. The number of esters is 1. The molecule has 0 bridgehead atoms. The molecule has 1 aromatic carbocycles. The van der Waals surface area contributed by atoms with Crippen molar-refractivity contribution in [3.05, 3.63) is 29.3 Å². The Bertz CT molecular complexity index is 462. The van der Waals surface area contributed by atoms with Gasteiger partial charge in [-0.3, -0.25) is 5.43 Å². The first kappa shape index (κ1) is 11.7. The summed E-state index contributed by atoms with van der Waals surface area (Å²) in [5, 5.41) is 4.55. The van der Waals surface area contributed by atoms with Crippen molar-refractivity contribution in [1.29, 1.82) is 0 Å². The van der Waals surface area contributed by atoms with Crippen molar-refractivity contribution in [2.75, 3.05) is 25.6 Å². The summed E-state index contributed by atoms with van der Waals surface area (Å²) < 4.78 is 4.90. The molecule has 2 rings (SSSR count). The molecule has 0 unspecified atom stereocenters. The van der Waals surface area contributed by atoms with Gasteiger partial charge >= 0.3 is 5.97 Å². The Hall–Kier alpha value is -1.75. The number of para-hydroxylation sites is 1. The second-order valence-electron chi connectivity index (χ2n) is 3.58. The molecule has 5 nitrogen and oxygen atoms in total. The number of rotatable bonds is 2. The van der Waals surface area contributed by atoms with Gasteiger partial charge in [0, 0.05) is 7.05 Å². The number of nitrogens with zero attached hydrogens (tertiary/aromatic N) is 2. The van der Waals surface area contributed by atoms with E-state index in [4.69, 9.17) is 16.3 Å². The second kappa shape index (κ2) is 5.05. The lowest BCUT2D eigenvalue weighted by Gasteiger charge is -2.24. The van der Waals surface area contributed by atoms with E-state index in [9.17, 15) is 4.79 Å². The third kappa shape index (κ3) is 2.68. The lowest BCUT2D eigenvalue weighted by Crippen LogP contribution is -2.43. The first-order valence-electron chi connectivity index (χ1n) is 5.15. The molecule has 1 N–H and O–H groups in total. The summed E-state index contributed by atoms with van der Waals surface area (Å²) >= 11 is 5.95. The van der Waals surface area contributed by atoms with Gasteiger partial charge in [0.2, 0.25) is 5.84 Å². The van der Waals surface area contributed by atoms with Gasteiger partial charge in [-0.25, -0.2) is 4.79 Å². The van der Waals surface area contributed by atoms with Crippen LogP contribution in [0.3, 0.4) is 0 Å². The fourth-order valence-electron chi connectivity index (χ4n) is 1.40. The van der Waals surface area contributed by atoms with Crippen molar-refractivity contribution < 1.29 is 9.53 Å². The van der Waals surface area contributed by atoms with Crippen LogP contribution in [0.15, 0.2) is 29.4 Å². The lowest BCUT2D eigenvalue weighted by atomic mass is 10.3. The highest BCUT2D eigenvalue weighted by Gasteiger charge is 2.23. The van der Waals surface area contributed by atoms with Crippen molar-refractivity contribution in [3.63, 3.8) is 0 Å². The first-order chi connectivity index (χ1) is 8.18. The van der Waals surface area contributed by atoms with Gasteiger partial charge in [-0.15, -0.1) is 5.10 Å². The van der Waals surface area contributed by atoms with Gasteiger partial charge in [0.15, 0.2) is 0 Å². The minimum absolute atomic E-state index is 0.246. The van der Waals surface area contributed by atoms with Crippen LogP contribution in [0.4, 0.5) is 5.69 Å². The van der Waals surface area contributed by atoms with Crippen LogP contribution in [0.25, 0.3) is 0 Å². The number of halogens is 1. The maximum absolute atomic E-state index is 11.4. The van der Waals surface area contributed by atoms with Crippen LogP contribution in [-0.4, -0.2) is 36.9 Å². The predicted molar refractivity (Wildman–Crippen MR) is 66.1 cm³/mol. The van der Waals surface area contributed by atoms with E-state index in [1.807, 2.05) is 12.1 Å². The van der Waals surface area contributed by atoms with Crippen molar-refractivity contribution in [3.8, 4) is 0 Å². The van der Waals surface area contributed by atoms with Crippen LogP contribution in [0.5, 0.6) is 0 Å². The average Bonchev–Trinajstić information content (AvgIpc) is 2.30. The molecule has 0 amide bonds. The third-order valence-corrected chi connectivity index (χ3v) is 2.69. The molecule has 0 atom stereocenters. The number of nitrogens with one attached hydrogen (secondary N) is 1. The number of cyclic esters (lactones) is 1. The molecular formula is C11H12ClN3O2. The van der Waals surface area contributed by atoms with Gasteiger partial charge in [0.1, 0.15) is 6.61 Å². The van der Waals surface area contributed by atoms with Crippen molar-refractivity contribution in [2.45, 2.75) is 0 Å². The summed E-state index contributed by atoms with van der Waals surface area (Å²) in [6.07, 6.45) is 0. The summed E-state index contributed by atoms with van der Waals surface area (Å²) in [6.45, 7) is 1.02. The van der Waals surface area contributed by atoms with E-state index < -0.39 is 5.97 Å². The van der Waals surface area contributed by atoms with E-state index in [2.05, 4.69) is 10.5 Å². The number of hydrogen-bond acceptors (Lipinski definition) is 4. The highest BCUT2D eigenvalue weighted by Crippen LogP contribution is 2.20. The lowest BCUT2D eigenvalue weighted by molar-refractivity contribution is -0.138. The van der Waals surface area contributed by atoms with Crippen LogP contribution in [0, 0.1) is 0 Å². The van der Waals surface area contributed by atoms with E-state index in [0.717, 1.165) is 0 Å². The second-order valence-corrected chi connectivity index (χ2v) is 3.99. The van der Waals surface area contributed by atoms with Gasteiger partial charge in [-0.1, -0.05) is 23.7 Å². The zero-order chi connectivity index (χ0) is 12.3. The van der Waals surface area contributed by atoms with E-state index in [-0.39, 0.29) is 5.84 Å². The van der Waals surface area contributed by atoms with Crippen LogP contribution < -0.4 is 5.43 Å². The van der Waals surface area contributed by atoms with Crippen LogP contribution in [-0.2, 0) is 9.53 Å². The number of ether oxygens (including phenoxy) is 1. The summed E-state index contributed by atoms with van der Waals surface area (Å²) in [5.41, 5.74) is 3.40. The Morgan fingerprint density at radius 2 is 2.24 bits per heavy atom. The monoisotopic (exact) mass is 253 g/mol. The van der Waals surface area contributed by atoms with E-state index in [0.29, 0.717) is 23.9 Å². The number of likely N-dealkylation sites (N-methyl/N-ethyl adjacent to an activating group) is 1.